The molecule has 11 heteroatoms. The minimum absolute atomic E-state index is 0.156. The number of H-pyrrole nitrogens is 1. The van der Waals surface area contributed by atoms with Gasteiger partial charge in [0.25, 0.3) is 0 Å². The smallest absolute Gasteiger partial charge is 0.236 e. The molecule has 0 atom stereocenters. The van der Waals surface area contributed by atoms with Gasteiger partial charge in [-0.25, -0.2) is 5.10 Å². The fourth-order valence-corrected chi connectivity index (χ4v) is 3.08. The Labute approximate surface area is 126 Å². The van der Waals surface area contributed by atoms with Gasteiger partial charge < -0.3 is 5.73 Å². The van der Waals surface area contributed by atoms with Crippen LogP contribution < -0.4 is 11.1 Å². The van der Waals surface area contributed by atoms with Gasteiger partial charge in [0.15, 0.2) is 4.34 Å². The molecule has 2 rings (SSSR count). The van der Waals surface area contributed by atoms with Crippen molar-refractivity contribution in [1.29, 1.82) is 0 Å². The van der Waals surface area contributed by atoms with Crippen LogP contribution in [0.5, 0.6) is 0 Å². The molecule has 0 aliphatic rings. The Morgan fingerprint density at radius 2 is 2.35 bits per heavy atom. The maximum Gasteiger partial charge on any atom is 0.236 e. The number of carbonyl (C=O) groups excluding carboxylic acids is 1. The second-order valence-electron chi connectivity index (χ2n) is 3.21. The molecule has 0 saturated carbocycles. The second-order valence-corrected chi connectivity index (χ2v) is 6.35. The van der Waals surface area contributed by atoms with Crippen LogP contribution in [0.25, 0.3) is 0 Å². The summed E-state index contributed by atoms with van der Waals surface area (Å²) in [5.41, 5.74) is 5.38. The zero-order valence-corrected chi connectivity index (χ0v) is 12.4. The predicted molar refractivity (Wildman–Crippen MR) is 79.6 cm³/mol. The molecule has 0 fully saturated rings. The Morgan fingerprint density at radius 3 is 3.05 bits per heavy atom. The summed E-state index contributed by atoms with van der Waals surface area (Å²) in [7, 11) is 0. The number of thioether (sulfide) groups is 2. The molecule has 2 aromatic rings. The van der Waals surface area contributed by atoms with Gasteiger partial charge >= 0.3 is 0 Å². The first-order chi connectivity index (χ1) is 9.67. The highest BCUT2D eigenvalue weighted by atomic mass is 32.2. The molecule has 0 unspecified atom stereocenters. The standard InChI is InChI=1S/C9H9N7OS3/c1-2-3-18-9-16-15-8(20-9)11-5(17)4-19-7-12-6(10)13-14-7/h1H,3-4H2,(H,11,15,17)(H3,10,12,13,14). The average molecular weight is 327 g/mol. The van der Waals surface area contributed by atoms with E-state index >= 15 is 0 Å². The number of aromatic amines is 1. The molecule has 0 aliphatic carbocycles. The van der Waals surface area contributed by atoms with Crippen LogP contribution in [-0.4, -0.2) is 42.8 Å². The van der Waals surface area contributed by atoms with E-state index in [1.807, 2.05) is 0 Å². The lowest BCUT2D eigenvalue weighted by molar-refractivity contribution is -0.113. The number of hydrogen-bond donors (Lipinski definition) is 3. The molecule has 0 aromatic carbocycles. The first-order valence-electron chi connectivity index (χ1n) is 5.17. The van der Waals surface area contributed by atoms with Gasteiger partial charge in [0.05, 0.1) is 11.5 Å². The lowest BCUT2D eigenvalue weighted by atomic mass is 10.7. The SMILES string of the molecule is C#CCSc1nnc(NC(=O)CSc2n[nH]c(N)n2)s1. The number of nitrogen functional groups attached to an aromatic ring is 1. The highest BCUT2D eigenvalue weighted by Gasteiger charge is 2.10. The van der Waals surface area contributed by atoms with Gasteiger partial charge in [-0.05, 0) is 0 Å². The van der Waals surface area contributed by atoms with E-state index in [-0.39, 0.29) is 17.6 Å². The highest BCUT2D eigenvalue weighted by Crippen LogP contribution is 2.25. The van der Waals surface area contributed by atoms with Gasteiger partial charge in [-0.1, -0.05) is 40.8 Å². The molecular formula is C9H9N7OS3. The van der Waals surface area contributed by atoms with Crippen LogP contribution in [-0.2, 0) is 4.79 Å². The maximum atomic E-state index is 11.7. The second kappa shape index (κ2) is 7.13. The Bertz CT molecular complexity index is 632. The number of hydrogen-bond acceptors (Lipinski definition) is 9. The zero-order chi connectivity index (χ0) is 14.4. The number of carbonyl (C=O) groups is 1. The summed E-state index contributed by atoms with van der Waals surface area (Å²) in [5, 5.41) is 17.5. The minimum Gasteiger partial charge on any atom is -0.368 e. The van der Waals surface area contributed by atoms with Crippen molar-refractivity contribution in [1.82, 2.24) is 25.4 Å². The van der Waals surface area contributed by atoms with Crippen molar-refractivity contribution in [2.75, 3.05) is 22.6 Å². The van der Waals surface area contributed by atoms with Crippen molar-refractivity contribution in [2.45, 2.75) is 9.50 Å². The molecule has 2 heterocycles. The summed E-state index contributed by atoms with van der Waals surface area (Å²) < 4.78 is 0.715. The van der Waals surface area contributed by atoms with Gasteiger partial charge in [0.1, 0.15) is 0 Å². The first-order valence-corrected chi connectivity index (χ1v) is 7.96. The Hall–Kier alpha value is -1.77. The predicted octanol–water partition coefficient (Wildman–Crippen LogP) is 0.694. The number of aromatic nitrogens is 5. The zero-order valence-electron chi connectivity index (χ0n) is 9.99. The largest absolute Gasteiger partial charge is 0.368 e. The van der Waals surface area contributed by atoms with E-state index in [1.54, 1.807) is 0 Å². The fraction of sp³-hybridized carbons (Fsp3) is 0.222. The summed E-state index contributed by atoms with van der Waals surface area (Å²) >= 11 is 3.84. The highest BCUT2D eigenvalue weighted by molar-refractivity contribution is 8.01. The third-order valence-electron chi connectivity index (χ3n) is 1.75. The van der Waals surface area contributed by atoms with Crippen molar-refractivity contribution in [3.05, 3.63) is 0 Å². The molecule has 0 bridgehead atoms. The van der Waals surface area contributed by atoms with Crippen LogP contribution in [0, 0.1) is 12.3 Å². The maximum absolute atomic E-state index is 11.7. The van der Waals surface area contributed by atoms with Gasteiger partial charge in [-0.15, -0.1) is 21.7 Å². The number of nitrogens with zero attached hydrogens (tertiary/aromatic N) is 4. The van der Waals surface area contributed by atoms with Crippen LogP contribution >= 0.6 is 34.9 Å². The molecule has 2 aromatic heterocycles. The Morgan fingerprint density at radius 1 is 1.50 bits per heavy atom. The van der Waals surface area contributed by atoms with Gasteiger partial charge in [0, 0.05) is 0 Å². The van der Waals surface area contributed by atoms with E-state index in [2.05, 4.69) is 36.6 Å². The van der Waals surface area contributed by atoms with Crippen LogP contribution in [0.2, 0.25) is 0 Å². The van der Waals surface area contributed by atoms with E-state index in [1.165, 1.54) is 34.9 Å². The van der Waals surface area contributed by atoms with Gasteiger partial charge in [0.2, 0.25) is 22.1 Å². The van der Waals surface area contributed by atoms with E-state index < -0.39 is 0 Å². The molecule has 0 saturated heterocycles. The summed E-state index contributed by atoms with van der Waals surface area (Å²) in [5.74, 6) is 3.16. The van der Waals surface area contributed by atoms with Crippen molar-refractivity contribution in [3.63, 3.8) is 0 Å². The molecule has 8 nitrogen and oxygen atoms in total. The van der Waals surface area contributed by atoms with Crippen LogP contribution in [0.15, 0.2) is 9.50 Å². The number of rotatable bonds is 6. The number of terminal acetylenes is 1. The normalized spacial score (nSPS) is 10.2. The molecule has 0 radical (unpaired) electrons. The number of nitrogens with one attached hydrogen (secondary N) is 2. The van der Waals surface area contributed by atoms with Crippen LogP contribution in [0.4, 0.5) is 11.1 Å². The van der Waals surface area contributed by atoms with E-state index in [9.17, 15) is 4.79 Å². The van der Waals surface area contributed by atoms with Crippen molar-refractivity contribution in [3.8, 4) is 12.3 Å². The summed E-state index contributed by atoms with van der Waals surface area (Å²) in [4.78, 5) is 15.6. The molecule has 20 heavy (non-hydrogen) atoms. The lowest BCUT2D eigenvalue weighted by Gasteiger charge is -1.97. The first kappa shape index (κ1) is 14.6. The molecule has 0 aliphatic heterocycles. The third kappa shape index (κ3) is 4.41. The fourth-order valence-electron chi connectivity index (χ4n) is 1.03. The van der Waals surface area contributed by atoms with E-state index in [0.717, 1.165) is 0 Å². The molecule has 104 valence electrons. The molecule has 0 spiro atoms. The Balaban J connectivity index is 1.79. The minimum atomic E-state index is -0.219. The van der Waals surface area contributed by atoms with E-state index in [0.29, 0.717) is 20.4 Å². The number of anilines is 2. The van der Waals surface area contributed by atoms with E-state index in [4.69, 9.17) is 12.2 Å². The molecule has 4 N–H and O–H groups in total. The monoisotopic (exact) mass is 327 g/mol. The Kier molecular flexibility index (Phi) is 5.22. The lowest BCUT2D eigenvalue weighted by Crippen LogP contribution is -2.13. The quantitative estimate of drug-likeness (QED) is 0.402. The van der Waals surface area contributed by atoms with Gasteiger partial charge in [-0.2, -0.15) is 4.98 Å². The average Bonchev–Trinajstić information content (AvgIpc) is 3.03. The summed E-state index contributed by atoms with van der Waals surface area (Å²) in [6.45, 7) is 0. The topological polar surface area (TPSA) is 122 Å². The number of amides is 1. The summed E-state index contributed by atoms with van der Waals surface area (Å²) in [6, 6.07) is 0. The summed E-state index contributed by atoms with van der Waals surface area (Å²) in [6.07, 6.45) is 5.15. The van der Waals surface area contributed by atoms with Crippen LogP contribution in [0.1, 0.15) is 0 Å². The van der Waals surface area contributed by atoms with Crippen molar-refractivity contribution < 1.29 is 4.79 Å². The van der Waals surface area contributed by atoms with Crippen molar-refractivity contribution in [2.24, 2.45) is 0 Å². The van der Waals surface area contributed by atoms with Gasteiger partial charge in [-0.3, -0.25) is 10.1 Å². The molecule has 1 amide bonds. The number of nitrogens with two attached hydrogens (primary N) is 1. The third-order valence-corrected chi connectivity index (χ3v) is 4.47. The van der Waals surface area contributed by atoms with Crippen LogP contribution in [0.3, 0.4) is 0 Å². The molecular weight excluding hydrogens is 318 g/mol. The van der Waals surface area contributed by atoms with Crippen molar-refractivity contribution >= 4 is 51.8 Å².